The van der Waals surface area contributed by atoms with Crippen LogP contribution in [0.25, 0.3) is 10.9 Å². The van der Waals surface area contributed by atoms with Crippen molar-refractivity contribution in [2.75, 3.05) is 5.88 Å². The Bertz CT molecular complexity index is 955. The molecule has 0 aliphatic carbocycles. The van der Waals surface area contributed by atoms with Crippen LogP contribution in [0.2, 0.25) is 5.02 Å². The Hall–Kier alpha value is -2.50. The highest BCUT2D eigenvalue weighted by molar-refractivity contribution is 6.31. The molecule has 140 valence electrons. The first-order valence-electron chi connectivity index (χ1n) is 8.50. The number of aromatic amines is 1. The van der Waals surface area contributed by atoms with Crippen molar-refractivity contribution >= 4 is 45.9 Å². The molecule has 0 radical (unpaired) electrons. The van der Waals surface area contributed by atoms with E-state index in [0.717, 1.165) is 22.0 Å². The minimum atomic E-state index is -0.487. The lowest BCUT2D eigenvalue weighted by atomic mass is 10.0. The second-order valence-electron chi connectivity index (χ2n) is 6.12. The number of benzene rings is 2. The molecule has 3 N–H and O–H groups in total. The van der Waals surface area contributed by atoms with Gasteiger partial charge in [0.1, 0.15) is 5.88 Å². The van der Waals surface area contributed by atoms with Gasteiger partial charge < -0.3 is 15.6 Å². The topological polar surface area (TPSA) is 74.0 Å². The lowest BCUT2D eigenvalue weighted by Crippen LogP contribution is -2.34. The Labute approximate surface area is 167 Å². The number of carbonyl (C=O) groups is 2. The fraction of sp³-hybridized carbons (Fsp3) is 0.200. The fourth-order valence-corrected chi connectivity index (χ4v) is 3.23. The molecule has 1 heterocycles. The van der Waals surface area contributed by atoms with Gasteiger partial charge in [-0.15, -0.1) is 11.6 Å². The zero-order valence-electron chi connectivity index (χ0n) is 14.5. The second-order valence-corrected chi connectivity index (χ2v) is 6.79. The molecule has 1 aromatic heterocycles. The number of hydrogen-bond donors (Lipinski definition) is 3. The number of H-pyrrole nitrogens is 1. The summed E-state index contributed by atoms with van der Waals surface area (Å²) in [6, 6.07) is 14.6. The van der Waals surface area contributed by atoms with Gasteiger partial charge in [-0.3, -0.25) is 9.59 Å². The summed E-state index contributed by atoms with van der Waals surface area (Å²) in [5.74, 6) is -0.689. The number of hydrogen-bond acceptors (Lipinski definition) is 2. The van der Waals surface area contributed by atoms with Crippen LogP contribution in [0.15, 0.2) is 54.7 Å². The first-order valence-corrected chi connectivity index (χ1v) is 9.41. The zero-order valence-corrected chi connectivity index (χ0v) is 16.0. The maximum absolute atomic E-state index is 12.5. The number of alkyl halides is 1. The van der Waals surface area contributed by atoms with Crippen LogP contribution in [-0.4, -0.2) is 22.7 Å². The summed E-state index contributed by atoms with van der Waals surface area (Å²) >= 11 is 11.8. The van der Waals surface area contributed by atoms with Crippen molar-refractivity contribution < 1.29 is 9.59 Å². The Morgan fingerprint density at radius 3 is 2.56 bits per heavy atom. The molecule has 0 saturated carbocycles. The van der Waals surface area contributed by atoms with E-state index in [4.69, 9.17) is 23.2 Å². The molecule has 0 saturated heterocycles. The van der Waals surface area contributed by atoms with Crippen molar-refractivity contribution in [3.05, 3.63) is 70.9 Å². The van der Waals surface area contributed by atoms with Crippen molar-refractivity contribution in [3.63, 3.8) is 0 Å². The van der Waals surface area contributed by atoms with E-state index in [-0.39, 0.29) is 24.1 Å². The average Bonchev–Trinajstić information content (AvgIpc) is 3.11. The molecule has 2 amide bonds. The van der Waals surface area contributed by atoms with Crippen molar-refractivity contribution in [1.29, 1.82) is 0 Å². The molecule has 7 heteroatoms. The molecule has 0 aliphatic heterocycles. The van der Waals surface area contributed by atoms with Crippen molar-refractivity contribution in [2.24, 2.45) is 0 Å². The van der Waals surface area contributed by atoms with Gasteiger partial charge in [-0.2, -0.15) is 0 Å². The third-order valence-electron chi connectivity index (χ3n) is 4.28. The molecule has 0 spiro atoms. The summed E-state index contributed by atoms with van der Waals surface area (Å²) < 4.78 is 0. The monoisotopic (exact) mass is 403 g/mol. The van der Waals surface area contributed by atoms with Crippen molar-refractivity contribution in [1.82, 2.24) is 15.6 Å². The molecular weight excluding hydrogens is 385 g/mol. The molecule has 0 aliphatic rings. The van der Waals surface area contributed by atoms with Gasteiger partial charge in [0.25, 0.3) is 0 Å². The summed E-state index contributed by atoms with van der Waals surface area (Å²) in [7, 11) is 0. The van der Waals surface area contributed by atoms with Gasteiger partial charge in [0, 0.05) is 34.2 Å². The van der Waals surface area contributed by atoms with E-state index in [0.29, 0.717) is 11.6 Å². The van der Waals surface area contributed by atoms with Gasteiger partial charge in [0.2, 0.25) is 11.8 Å². The summed E-state index contributed by atoms with van der Waals surface area (Å²) in [6.07, 6.45) is 1.90. The lowest BCUT2D eigenvalue weighted by Gasteiger charge is -2.18. The minimum Gasteiger partial charge on any atom is -0.361 e. The number of carbonyl (C=O) groups excluding carboxylic acids is 2. The molecule has 0 bridgehead atoms. The highest BCUT2D eigenvalue weighted by Crippen LogP contribution is 2.26. The van der Waals surface area contributed by atoms with E-state index in [1.54, 1.807) is 6.07 Å². The predicted octanol–water partition coefficient (Wildman–Crippen LogP) is 3.92. The predicted molar refractivity (Wildman–Crippen MR) is 108 cm³/mol. The third kappa shape index (κ3) is 4.81. The number of amides is 2. The average molecular weight is 404 g/mol. The largest absolute Gasteiger partial charge is 0.361 e. The lowest BCUT2D eigenvalue weighted by molar-refractivity contribution is -0.122. The van der Waals surface area contributed by atoms with Gasteiger partial charge in [0.15, 0.2) is 0 Å². The van der Waals surface area contributed by atoms with Gasteiger partial charge in [-0.25, -0.2) is 0 Å². The first-order chi connectivity index (χ1) is 13.1. The second kappa shape index (κ2) is 8.93. The molecular formula is C20H19Cl2N3O2. The van der Waals surface area contributed by atoms with E-state index in [1.807, 2.05) is 48.7 Å². The number of para-hydroxylation sites is 1. The Kier molecular flexibility index (Phi) is 6.37. The Morgan fingerprint density at radius 2 is 1.78 bits per heavy atom. The number of halogens is 2. The highest BCUT2D eigenvalue weighted by Gasteiger charge is 2.21. The molecule has 1 unspecified atom stereocenters. The Morgan fingerprint density at radius 1 is 1.04 bits per heavy atom. The van der Waals surface area contributed by atoms with Gasteiger partial charge in [0.05, 0.1) is 12.5 Å². The number of rotatable bonds is 7. The number of nitrogens with one attached hydrogen (secondary N) is 3. The zero-order chi connectivity index (χ0) is 19.2. The smallest absolute Gasteiger partial charge is 0.235 e. The number of fused-ring (bicyclic) bond motifs is 1. The third-order valence-corrected chi connectivity index (χ3v) is 4.89. The van der Waals surface area contributed by atoms with Gasteiger partial charge >= 0.3 is 0 Å². The SMILES string of the molecule is O=C(CC(NC(=O)CCl)c1c[nH]c2ccccc12)NCc1ccccc1Cl. The van der Waals surface area contributed by atoms with Crippen LogP contribution in [0.3, 0.4) is 0 Å². The van der Waals surface area contributed by atoms with E-state index in [1.165, 1.54) is 0 Å². The van der Waals surface area contributed by atoms with Crippen LogP contribution in [0, 0.1) is 0 Å². The minimum absolute atomic E-state index is 0.0922. The molecule has 2 aromatic carbocycles. The summed E-state index contributed by atoms with van der Waals surface area (Å²) in [5, 5.41) is 7.23. The Balaban J connectivity index is 1.74. The van der Waals surface area contributed by atoms with Crippen LogP contribution in [0.4, 0.5) is 0 Å². The van der Waals surface area contributed by atoms with Crippen LogP contribution < -0.4 is 10.6 Å². The quantitative estimate of drug-likeness (QED) is 0.522. The number of aromatic nitrogens is 1. The van der Waals surface area contributed by atoms with Crippen LogP contribution in [0.1, 0.15) is 23.6 Å². The maximum atomic E-state index is 12.5. The van der Waals surface area contributed by atoms with Gasteiger partial charge in [-0.05, 0) is 17.7 Å². The molecule has 27 heavy (non-hydrogen) atoms. The van der Waals surface area contributed by atoms with Crippen LogP contribution in [-0.2, 0) is 16.1 Å². The van der Waals surface area contributed by atoms with Crippen molar-refractivity contribution in [3.8, 4) is 0 Å². The molecule has 0 fully saturated rings. The van der Waals surface area contributed by atoms with Crippen LogP contribution >= 0.6 is 23.2 Å². The van der Waals surface area contributed by atoms with Crippen LogP contribution in [0.5, 0.6) is 0 Å². The highest BCUT2D eigenvalue weighted by atomic mass is 35.5. The molecule has 3 rings (SSSR count). The maximum Gasteiger partial charge on any atom is 0.235 e. The normalized spacial score (nSPS) is 11.9. The van der Waals surface area contributed by atoms with Crippen molar-refractivity contribution in [2.45, 2.75) is 19.0 Å². The molecule has 3 aromatic rings. The summed E-state index contributed by atoms with van der Waals surface area (Å²) in [6.45, 7) is 0.322. The molecule has 5 nitrogen and oxygen atoms in total. The molecule has 1 atom stereocenters. The standard InChI is InChI=1S/C20H19Cl2N3O2/c21-10-20(27)25-18(15-12-23-17-8-4-2-6-14(15)17)9-19(26)24-11-13-5-1-3-7-16(13)22/h1-8,12,18,23H,9-11H2,(H,24,26)(H,25,27). The van der Waals surface area contributed by atoms with E-state index in [2.05, 4.69) is 15.6 Å². The fourth-order valence-electron chi connectivity index (χ4n) is 2.95. The first kappa shape index (κ1) is 19.3. The summed E-state index contributed by atoms with van der Waals surface area (Å²) in [4.78, 5) is 27.5. The van der Waals surface area contributed by atoms with E-state index < -0.39 is 6.04 Å². The van der Waals surface area contributed by atoms with E-state index >= 15 is 0 Å². The summed E-state index contributed by atoms with van der Waals surface area (Å²) in [5.41, 5.74) is 2.62. The van der Waals surface area contributed by atoms with E-state index in [9.17, 15) is 9.59 Å². The van der Waals surface area contributed by atoms with Gasteiger partial charge in [-0.1, -0.05) is 48.0 Å².